The molecule has 0 atom stereocenters. The Hall–Kier alpha value is -3.38. The monoisotopic (exact) mass is 447 g/mol. The average molecular weight is 448 g/mol. The summed E-state index contributed by atoms with van der Waals surface area (Å²) >= 11 is 3.45. The van der Waals surface area contributed by atoms with E-state index in [-0.39, 0.29) is 5.91 Å². The van der Waals surface area contributed by atoms with Crippen LogP contribution in [0.4, 0.5) is 0 Å². The second-order valence-corrected chi connectivity index (χ2v) is 7.32. The fourth-order valence-electron chi connectivity index (χ4n) is 2.99. The van der Waals surface area contributed by atoms with Crippen LogP contribution in [0.3, 0.4) is 0 Å². The van der Waals surface area contributed by atoms with E-state index in [1.54, 1.807) is 24.4 Å². The van der Waals surface area contributed by atoms with Crippen LogP contribution in [0.25, 0.3) is 10.9 Å². The minimum atomic E-state index is -0.328. The van der Waals surface area contributed by atoms with Gasteiger partial charge in [0.05, 0.1) is 11.8 Å². The topological polar surface area (TPSA) is 66.5 Å². The molecule has 0 aliphatic heterocycles. The Balaban J connectivity index is 1.44. The number of hydrogen-bond donors (Lipinski definition) is 2. The molecule has 0 saturated heterocycles. The smallest absolute Gasteiger partial charge is 0.275 e. The van der Waals surface area contributed by atoms with Crippen LogP contribution in [-0.4, -0.2) is 17.1 Å². The maximum absolute atomic E-state index is 12.6. The van der Waals surface area contributed by atoms with E-state index in [1.165, 1.54) is 0 Å². The van der Waals surface area contributed by atoms with Gasteiger partial charge in [0.1, 0.15) is 12.4 Å². The molecule has 0 saturated carbocycles. The quantitative estimate of drug-likeness (QED) is 0.312. The zero-order chi connectivity index (χ0) is 20.1. The molecule has 29 heavy (non-hydrogen) atoms. The molecule has 0 fully saturated rings. The van der Waals surface area contributed by atoms with Crippen LogP contribution in [-0.2, 0) is 6.61 Å². The Kier molecular flexibility index (Phi) is 5.72. The number of halogens is 1. The van der Waals surface area contributed by atoms with Crippen molar-refractivity contribution in [3.8, 4) is 5.75 Å². The van der Waals surface area contributed by atoms with Crippen LogP contribution in [0.1, 0.15) is 21.5 Å². The second kappa shape index (κ2) is 8.75. The standard InChI is InChI=1S/C23H18BrN3O2/c24-18-7-5-6-16(12-18)15-29-22-11-4-2-9-20(22)23(28)27-26-14-17-13-25-21-10-3-1-8-19(17)21/h1-14,25H,15H2,(H,27,28). The molecule has 0 aliphatic carbocycles. The summed E-state index contributed by atoms with van der Waals surface area (Å²) in [7, 11) is 0. The number of ether oxygens (including phenoxy) is 1. The number of nitrogens with zero attached hydrogens (tertiary/aromatic N) is 1. The predicted octanol–water partition coefficient (Wildman–Crippen LogP) is 5.27. The first-order valence-corrected chi connectivity index (χ1v) is 9.86. The van der Waals surface area contributed by atoms with Crippen molar-refractivity contribution in [3.63, 3.8) is 0 Å². The number of rotatable bonds is 6. The van der Waals surface area contributed by atoms with Gasteiger partial charge in [-0.05, 0) is 35.9 Å². The fraction of sp³-hybridized carbons (Fsp3) is 0.0435. The number of carbonyl (C=O) groups excluding carboxylic acids is 1. The van der Waals surface area contributed by atoms with E-state index in [0.29, 0.717) is 17.9 Å². The number of H-pyrrole nitrogens is 1. The van der Waals surface area contributed by atoms with Crippen LogP contribution in [0.2, 0.25) is 0 Å². The van der Waals surface area contributed by atoms with Crippen LogP contribution >= 0.6 is 15.9 Å². The average Bonchev–Trinajstić information content (AvgIpc) is 3.16. The van der Waals surface area contributed by atoms with E-state index >= 15 is 0 Å². The van der Waals surface area contributed by atoms with E-state index in [4.69, 9.17) is 4.74 Å². The summed E-state index contributed by atoms with van der Waals surface area (Å²) in [6.07, 6.45) is 3.48. The van der Waals surface area contributed by atoms with Gasteiger partial charge in [-0.3, -0.25) is 4.79 Å². The number of hydrogen-bond acceptors (Lipinski definition) is 3. The summed E-state index contributed by atoms with van der Waals surface area (Å²) in [4.78, 5) is 15.8. The van der Waals surface area contributed by atoms with E-state index in [1.807, 2.05) is 60.8 Å². The van der Waals surface area contributed by atoms with Gasteiger partial charge in [-0.1, -0.05) is 58.4 Å². The molecule has 0 radical (unpaired) electrons. The number of carbonyl (C=O) groups is 1. The molecular formula is C23H18BrN3O2. The Morgan fingerprint density at radius 2 is 1.90 bits per heavy atom. The minimum Gasteiger partial charge on any atom is -0.488 e. The van der Waals surface area contributed by atoms with Gasteiger partial charge >= 0.3 is 0 Å². The molecule has 4 rings (SSSR count). The lowest BCUT2D eigenvalue weighted by atomic mass is 10.2. The van der Waals surface area contributed by atoms with Crippen molar-refractivity contribution in [2.75, 3.05) is 0 Å². The highest BCUT2D eigenvalue weighted by Gasteiger charge is 2.11. The molecule has 2 N–H and O–H groups in total. The Morgan fingerprint density at radius 3 is 2.79 bits per heavy atom. The maximum Gasteiger partial charge on any atom is 0.275 e. The summed E-state index contributed by atoms with van der Waals surface area (Å²) in [5.74, 6) is 0.179. The summed E-state index contributed by atoms with van der Waals surface area (Å²) in [5.41, 5.74) is 5.94. The summed E-state index contributed by atoms with van der Waals surface area (Å²) in [5, 5.41) is 5.15. The number of amides is 1. The van der Waals surface area contributed by atoms with E-state index < -0.39 is 0 Å². The maximum atomic E-state index is 12.6. The molecule has 1 amide bonds. The molecular weight excluding hydrogens is 430 g/mol. The second-order valence-electron chi connectivity index (χ2n) is 6.40. The lowest BCUT2D eigenvalue weighted by Crippen LogP contribution is -2.18. The van der Waals surface area contributed by atoms with Crippen LogP contribution in [0.5, 0.6) is 5.75 Å². The van der Waals surface area contributed by atoms with Crippen molar-refractivity contribution < 1.29 is 9.53 Å². The highest BCUT2D eigenvalue weighted by atomic mass is 79.9. The Morgan fingerprint density at radius 1 is 1.07 bits per heavy atom. The molecule has 4 aromatic rings. The lowest BCUT2D eigenvalue weighted by molar-refractivity contribution is 0.0950. The zero-order valence-electron chi connectivity index (χ0n) is 15.4. The Labute approximate surface area is 176 Å². The van der Waals surface area contributed by atoms with E-state index in [2.05, 4.69) is 31.4 Å². The number of nitrogens with one attached hydrogen (secondary N) is 2. The van der Waals surface area contributed by atoms with Crippen molar-refractivity contribution in [3.05, 3.63) is 100 Å². The first kappa shape index (κ1) is 19.0. The number of aromatic nitrogens is 1. The third kappa shape index (κ3) is 4.55. The minimum absolute atomic E-state index is 0.328. The van der Waals surface area contributed by atoms with Gasteiger partial charge in [-0.15, -0.1) is 0 Å². The van der Waals surface area contributed by atoms with Crippen molar-refractivity contribution >= 4 is 39.0 Å². The lowest BCUT2D eigenvalue weighted by Gasteiger charge is -2.10. The zero-order valence-corrected chi connectivity index (χ0v) is 17.0. The third-order valence-electron chi connectivity index (χ3n) is 4.41. The highest BCUT2D eigenvalue weighted by Crippen LogP contribution is 2.20. The molecule has 144 valence electrons. The number of benzene rings is 3. The van der Waals surface area contributed by atoms with Gasteiger partial charge in [-0.2, -0.15) is 5.10 Å². The van der Waals surface area contributed by atoms with Gasteiger partial charge in [0, 0.05) is 27.1 Å². The van der Waals surface area contributed by atoms with Crippen molar-refractivity contribution in [1.82, 2.24) is 10.4 Å². The van der Waals surface area contributed by atoms with Crippen LogP contribution in [0.15, 0.2) is 88.6 Å². The highest BCUT2D eigenvalue weighted by molar-refractivity contribution is 9.10. The first-order chi connectivity index (χ1) is 14.2. The van der Waals surface area contributed by atoms with Crippen molar-refractivity contribution in [2.24, 2.45) is 5.10 Å². The molecule has 0 spiro atoms. The molecule has 0 bridgehead atoms. The number of para-hydroxylation sites is 2. The number of aromatic amines is 1. The van der Waals surface area contributed by atoms with Crippen molar-refractivity contribution in [1.29, 1.82) is 0 Å². The van der Waals surface area contributed by atoms with Crippen LogP contribution < -0.4 is 10.2 Å². The molecule has 0 aliphatic rings. The van der Waals surface area contributed by atoms with Crippen molar-refractivity contribution in [2.45, 2.75) is 6.61 Å². The largest absolute Gasteiger partial charge is 0.488 e. The van der Waals surface area contributed by atoms with Gasteiger partial charge in [0.25, 0.3) is 5.91 Å². The first-order valence-electron chi connectivity index (χ1n) is 9.06. The molecule has 0 unspecified atom stereocenters. The van der Waals surface area contributed by atoms with E-state index in [9.17, 15) is 4.79 Å². The molecule has 3 aromatic carbocycles. The predicted molar refractivity (Wildman–Crippen MR) is 118 cm³/mol. The van der Waals surface area contributed by atoms with Gasteiger partial charge < -0.3 is 9.72 Å². The molecule has 6 heteroatoms. The SMILES string of the molecule is O=C(NN=Cc1c[nH]c2ccccc12)c1ccccc1OCc1cccc(Br)c1. The van der Waals surface area contributed by atoms with Gasteiger partial charge in [0.15, 0.2) is 0 Å². The molecule has 1 aromatic heterocycles. The number of hydrazone groups is 1. The van der Waals surface area contributed by atoms with Gasteiger partial charge in [-0.25, -0.2) is 5.43 Å². The summed E-state index contributed by atoms with van der Waals surface area (Å²) in [6, 6.07) is 22.9. The van der Waals surface area contributed by atoms with Crippen LogP contribution in [0, 0.1) is 0 Å². The molecule has 5 nitrogen and oxygen atoms in total. The summed E-state index contributed by atoms with van der Waals surface area (Å²) in [6.45, 7) is 0.363. The van der Waals surface area contributed by atoms with E-state index in [0.717, 1.165) is 26.5 Å². The molecule has 1 heterocycles. The summed E-state index contributed by atoms with van der Waals surface area (Å²) < 4.78 is 6.85. The third-order valence-corrected chi connectivity index (χ3v) is 4.90. The number of fused-ring (bicyclic) bond motifs is 1. The Bertz CT molecular complexity index is 1180. The normalized spacial score (nSPS) is 11.1. The van der Waals surface area contributed by atoms with Gasteiger partial charge in [0.2, 0.25) is 0 Å². The fourth-order valence-corrected chi connectivity index (χ4v) is 3.44.